The first kappa shape index (κ1) is 14.2. The van der Waals surface area contributed by atoms with Gasteiger partial charge in [0.25, 0.3) is 5.91 Å². The summed E-state index contributed by atoms with van der Waals surface area (Å²) in [6, 6.07) is 4.94. The molecule has 3 N–H and O–H groups in total. The fraction of sp³-hybridized carbons (Fsp3) is 0.429. The Balaban J connectivity index is 2.90. The maximum atomic E-state index is 12.0. The van der Waals surface area contributed by atoms with Gasteiger partial charge >= 0.3 is 0 Å². The zero-order valence-electron chi connectivity index (χ0n) is 11.3. The van der Waals surface area contributed by atoms with Crippen molar-refractivity contribution in [2.45, 2.75) is 33.7 Å². The van der Waals surface area contributed by atoms with Crippen LogP contribution in [-0.2, 0) is 4.79 Å². The van der Waals surface area contributed by atoms with Crippen LogP contribution in [0.3, 0.4) is 0 Å². The van der Waals surface area contributed by atoms with Gasteiger partial charge < -0.3 is 11.1 Å². The van der Waals surface area contributed by atoms with Crippen LogP contribution in [0.15, 0.2) is 18.2 Å². The number of aryl methyl sites for hydroxylation is 2. The lowest BCUT2D eigenvalue weighted by Crippen LogP contribution is -2.47. The van der Waals surface area contributed by atoms with Crippen LogP contribution in [0.2, 0.25) is 0 Å². The van der Waals surface area contributed by atoms with Gasteiger partial charge in [-0.1, -0.05) is 31.0 Å². The van der Waals surface area contributed by atoms with Crippen LogP contribution in [0.1, 0.15) is 35.3 Å². The smallest absolute Gasteiger partial charge is 0.251 e. The summed E-state index contributed by atoms with van der Waals surface area (Å²) in [4.78, 5) is 23.3. The van der Waals surface area contributed by atoms with Gasteiger partial charge in [0, 0.05) is 5.56 Å². The van der Waals surface area contributed by atoms with Gasteiger partial charge in [0.1, 0.15) is 6.04 Å². The second-order valence-corrected chi connectivity index (χ2v) is 4.97. The van der Waals surface area contributed by atoms with Gasteiger partial charge in [0.15, 0.2) is 0 Å². The summed E-state index contributed by atoms with van der Waals surface area (Å²) >= 11 is 0. The molecule has 2 amide bonds. The van der Waals surface area contributed by atoms with E-state index >= 15 is 0 Å². The van der Waals surface area contributed by atoms with E-state index in [0.717, 1.165) is 11.1 Å². The lowest BCUT2D eigenvalue weighted by Gasteiger charge is -2.19. The Morgan fingerprint density at radius 1 is 1.11 bits per heavy atom. The summed E-state index contributed by atoms with van der Waals surface area (Å²) < 4.78 is 0. The number of carbonyl (C=O) groups is 2. The molecule has 0 aromatic heterocycles. The van der Waals surface area contributed by atoms with Gasteiger partial charge in [-0.25, -0.2) is 0 Å². The maximum Gasteiger partial charge on any atom is 0.251 e. The van der Waals surface area contributed by atoms with E-state index in [9.17, 15) is 9.59 Å². The molecule has 0 saturated heterocycles. The SMILES string of the molecule is Cc1cc(C)cc(C(=O)N[C@@H](C(N)=O)C(C)C)c1. The van der Waals surface area contributed by atoms with Gasteiger partial charge in [-0.2, -0.15) is 0 Å². The average Bonchev–Trinajstić information content (AvgIpc) is 2.23. The Morgan fingerprint density at radius 3 is 2.00 bits per heavy atom. The molecule has 0 saturated carbocycles. The molecule has 0 heterocycles. The quantitative estimate of drug-likeness (QED) is 0.848. The average molecular weight is 248 g/mol. The molecule has 0 radical (unpaired) electrons. The fourth-order valence-electron chi connectivity index (χ4n) is 1.90. The maximum absolute atomic E-state index is 12.0. The van der Waals surface area contributed by atoms with Crippen LogP contribution in [0.4, 0.5) is 0 Å². The monoisotopic (exact) mass is 248 g/mol. The molecule has 0 aliphatic rings. The third kappa shape index (κ3) is 3.58. The molecule has 0 bridgehead atoms. The predicted octanol–water partition coefficient (Wildman–Crippen LogP) is 1.54. The second-order valence-electron chi connectivity index (χ2n) is 4.97. The van der Waals surface area contributed by atoms with Crippen molar-refractivity contribution in [2.24, 2.45) is 11.7 Å². The molecular weight excluding hydrogens is 228 g/mol. The molecule has 0 spiro atoms. The van der Waals surface area contributed by atoms with Crippen molar-refractivity contribution in [3.63, 3.8) is 0 Å². The molecular formula is C14H20N2O2. The van der Waals surface area contributed by atoms with Gasteiger partial charge in [-0.3, -0.25) is 9.59 Å². The Labute approximate surface area is 108 Å². The molecule has 0 unspecified atom stereocenters. The van der Waals surface area contributed by atoms with Crippen molar-refractivity contribution >= 4 is 11.8 Å². The molecule has 0 aliphatic heterocycles. The molecule has 0 aliphatic carbocycles. The molecule has 1 rings (SSSR count). The Morgan fingerprint density at radius 2 is 1.61 bits per heavy atom. The predicted molar refractivity (Wildman–Crippen MR) is 71.2 cm³/mol. The summed E-state index contributed by atoms with van der Waals surface area (Å²) in [6.07, 6.45) is 0. The Kier molecular flexibility index (Phi) is 4.48. The summed E-state index contributed by atoms with van der Waals surface area (Å²) in [6.45, 7) is 7.55. The highest BCUT2D eigenvalue weighted by Crippen LogP contribution is 2.10. The highest BCUT2D eigenvalue weighted by Gasteiger charge is 2.22. The second kappa shape index (κ2) is 5.67. The molecule has 0 fully saturated rings. The molecule has 18 heavy (non-hydrogen) atoms. The summed E-state index contributed by atoms with van der Waals surface area (Å²) in [5.41, 5.74) is 7.85. The first-order valence-corrected chi connectivity index (χ1v) is 5.99. The first-order chi connectivity index (χ1) is 8.31. The van der Waals surface area contributed by atoms with Crippen LogP contribution < -0.4 is 11.1 Å². The van der Waals surface area contributed by atoms with Crippen molar-refractivity contribution in [1.29, 1.82) is 0 Å². The van der Waals surface area contributed by atoms with Crippen molar-refractivity contribution in [3.05, 3.63) is 34.9 Å². The third-order valence-corrected chi connectivity index (χ3v) is 2.74. The Hall–Kier alpha value is -1.84. The molecule has 1 aromatic carbocycles. The van der Waals surface area contributed by atoms with Gasteiger partial charge in [-0.05, 0) is 31.9 Å². The number of rotatable bonds is 4. The summed E-state index contributed by atoms with van der Waals surface area (Å²) in [7, 11) is 0. The number of hydrogen-bond donors (Lipinski definition) is 2. The summed E-state index contributed by atoms with van der Waals surface area (Å²) in [5.74, 6) is -0.806. The minimum atomic E-state index is -0.640. The minimum Gasteiger partial charge on any atom is -0.368 e. The number of hydrogen-bond acceptors (Lipinski definition) is 2. The van der Waals surface area contributed by atoms with E-state index in [1.54, 1.807) is 12.1 Å². The van der Waals surface area contributed by atoms with E-state index in [1.807, 2.05) is 33.8 Å². The number of carbonyl (C=O) groups excluding carboxylic acids is 2. The van der Waals surface area contributed by atoms with E-state index < -0.39 is 11.9 Å². The first-order valence-electron chi connectivity index (χ1n) is 5.99. The highest BCUT2D eigenvalue weighted by atomic mass is 16.2. The van der Waals surface area contributed by atoms with Crippen LogP contribution in [0, 0.1) is 19.8 Å². The van der Waals surface area contributed by atoms with Crippen LogP contribution >= 0.6 is 0 Å². The molecule has 4 nitrogen and oxygen atoms in total. The lowest BCUT2D eigenvalue weighted by atomic mass is 10.0. The van der Waals surface area contributed by atoms with E-state index in [-0.39, 0.29) is 11.8 Å². The van der Waals surface area contributed by atoms with E-state index in [4.69, 9.17) is 5.73 Å². The van der Waals surface area contributed by atoms with Crippen LogP contribution in [0.5, 0.6) is 0 Å². The van der Waals surface area contributed by atoms with Gasteiger partial charge in [0.2, 0.25) is 5.91 Å². The molecule has 4 heteroatoms. The van der Waals surface area contributed by atoms with E-state index in [1.165, 1.54) is 0 Å². The standard InChI is InChI=1S/C14H20N2O2/c1-8(2)12(13(15)17)16-14(18)11-6-9(3)5-10(4)7-11/h5-8,12H,1-4H3,(H2,15,17)(H,16,18)/t12-/m1/s1. The van der Waals surface area contributed by atoms with Crippen LogP contribution in [0.25, 0.3) is 0 Å². The van der Waals surface area contributed by atoms with Gasteiger partial charge in [0.05, 0.1) is 0 Å². The van der Waals surface area contributed by atoms with Gasteiger partial charge in [-0.15, -0.1) is 0 Å². The van der Waals surface area contributed by atoms with Crippen LogP contribution in [-0.4, -0.2) is 17.9 Å². The largest absolute Gasteiger partial charge is 0.368 e. The number of nitrogens with two attached hydrogens (primary N) is 1. The third-order valence-electron chi connectivity index (χ3n) is 2.74. The fourth-order valence-corrected chi connectivity index (χ4v) is 1.90. The van der Waals surface area contributed by atoms with Crippen molar-refractivity contribution in [1.82, 2.24) is 5.32 Å². The Bertz CT molecular complexity index is 447. The van der Waals surface area contributed by atoms with E-state index in [0.29, 0.717) is 5.56 Å². The van der Waals surface area contributed by atoms with Crippen molar-refractivity contribution in [2.75, 3.05) is 0 Å². The van der Waals surface area contributed by atoms with E-state index in [2.05, 4.69) is 5.32 Å². The summed E-state index contributed by atoms with van der Waals surface area (Å²) in [5, 5.41) is 2.67. The number of amides is 2. The zero-order chi connectivity index (χ0) is 13.9. The zero-order valence-corrected chi connectivity index (χ0v) is 11.3. The molecule has 1 atom stereocenters. The number of benzene rings is 1. The minimum absolute atomic E-state index is 0.0302. The normalized spacial score (nSPS) is 12.3. The molecule has 98 valence electrons. The molecule has 1 aromatic rings. The van der Waals surface area contributed by atoms with Crippen molar-refractivity contribution < 1.29 is 9.59 Å². The lowest BCUT2D eigenvalue weighted by molar-refractivity contribution is -0.120. The van der Waals surface area contributed by atoms with Crippen molar-refractivity contribution in [3.8, 4) is 0 Å². The number of nitrogens with one attached hydrogen (secondary N) is 1. The topological polar surface area (TPSA) is 72.2 Å². The highest BCUT2D eigenvalue weighted by molar-refractivity contribution is 5.97. The number of primary amides is 1.